The van der Waals surface area contributed by atoms with Crippen LogP contribution in [0.25, 0.3) is 0 Å². The van der Waals surface area contributed by atoms with Crippen molar-refractivity contribution in [3.05, 3.63) is 0 Å². The quantitative estimate of drug-likeness (QED) is 0.495. The SMILES string of the molecule is CC1(C)CCCC(C)(C)N1.[Cl-].[Cl][Zn][Cl].[Li+]. The van der Waals surface area contributed by atoms with Gasteiger partial charge in [-0.15, -0.1) is 0 Å². The minimum atomic E-state index is -0.931. The summed E-state index contributed by atoms with van der Waals surface area (Å²) in [5.41, 5.74) is 0.726. The van der Waals surface area contributed by atoms with E-state index in [1.807, 2.05) is 0 Å². The maximum Gasteiger partial charge on any atom is 1.00 e. The Bertz CT molecular complexity index is 142. The average Bonchev–Trinajstić information content (AvgIpc) is 1.82. The second-order valence-corrected chi connectivity index (χ2v) is 9.47. The van der Waals surface area contributed by atoms with Gasteiger partial charge in [-0.3, -0.25) is 0 Å². The predicted molar refractivity (Wildman–Crippen MR) is 56.9 cm³/mol. The molecule has 0 unspecified atom stereocenters. The Balaban J connectivity index is -0.000000260. The van der Waals surface area contributed by atoms with Crippen molar-refractivity contribution < 1.29 is 46.4 Å². The summed E-state index contributed by atoms with van der Waals surface area (Å²) < 4.78 is 0. The predicted octanol–water partition coefficient (Wildman–Crippen LogP) is -2.30. The largest absolute Gasteiger partial charge is 1.00 e. The Morgan fingerprint density at radius 3 is 1.40 bits per heavy atom. The standard InChI is InChI=1S/C9H19N.3ClH.Li.Zn/c1-8(2)6-5-7-9(3,4)10-8;;;;;/h10H,5-7H2,1-4H3;3*1H;;/q;;;;+1;+2/p-3. The van der Waals surface area contributed by atoms with Crippen LogP contribution >= 0.6 is 19.4 Å². The molecule has 1 nitrogen and oxygen atoms in total. The van der Waals surface area contributed by atoms with Crippen LogP contribution in [0.5, 0.6) is 0 Å². The van der Waals surface area contributed by atoms with E-state index in [0.717, 1.165) is 0 Å². The molecule has 0 aromatic carbocycles. The second kappa shape index (κ2) is 10.0. The normalized spacial score (nSPS) is 20.7. The summed E-state index contributed by atoms with van der Waals surface area (Å²) in [6.45, 7) is 9.14. The maximum absolute atomic E-state index is 4.95. The first-order chi connectivity index (χ1) is 5.83. The molecule has 1 saturated heterocycles. The monoisotopic (exact) mass is 317 g/mol. The van der Waals surface area contributed by atoms with Crippen LogP contribution in [0.1, 0.15) is 47.0 Å². The Kier molecular flexibility index (Phi) is 14.9. The molecular weight excluding hydrogens is 301 g/mol. The molecule has 0 bridgehead atoms. The molecule has 0 atom stereocenters. The Hall–Kier alpha value is 2.05. The molecule has 84 valence electrons. The van der Waals surface area contributed by atoms with Gasteiger partial charge in [0.2, 0.25) is 0 Å². The van der Waals surface area contributed by atoms with Gasteiger partial charge in [-0.1, -0.05) is 0 Å². The summed E-state index contributed by atoms with van der Waals surface area (Å²) in [5, 5.41) is 3.63. The molecular formula is C9H19Cl3LiNZn. The summed E-state index contributed by atoms with van der Waals surface area (Å²) in [6.07, 6.45) is 4.00. The summed E-state index contributed by atoms with van der Waals surface area (Å²) >= 11 is -0.931. The molecule has 0 amide bonds. The fourth-order valence-corrected chi connectivity index (χ4v) is 2.01. The van der Waals surface area contributed by atoms with Crippen molar-refractivity contribution in [2.45, 2.75) is 58.0 Å². The summed E-state index contributed by atoms with van der Waals surface area (Å²) in [4.78, 5) is 0. The van der Waals surface area contributed by atoms with Crippen LogP contribution in [-0.4, -0.2) is 11.1 Å². The molecule has 6 heteroatoms. The Morgan fingerprint density at radius 1 is 1.00 bits per heavy atom. The van der Waals surface area contributed by atoms with E-state index in [0.29, 0.717) is 11.1 Å². The number of piperidine rings is 1. The molecule has 1 aliphatic rings. The topological polar surface area (TPSA) is 12.0 Å². The van der Waals surface area contributed by atoms with Gasteiger partial charge in [-0.2, -0.15) is 0 Å². The number of nitrogens with one attached hydrogen (secondary N) is 1. The average molecular weight is 320 g/mol. The Labute approximate surface area is 128 Å². The number of hydrogen-bond acceptors (Lipinski definition) is 1. The fourth-order valence-electron chi connectivity index (χ4n) is 2.01. The van der Waals surface area contributed by atoms with Crippen LogP contribution < -0.4 is 36.6 Å². The van der Waals surface area contributed by atoms with E-state index in [9.17, 15) is 0 Å². The molecule has 0 saturated carbocycles. The van der Waals surface area contributed by atoms with Crippen LogP contribution in [0.3, 0.4) is 0 Å². The van der Waals surface area contributed by atoms with Crippen molar-refractivity contribution >= 4 is 19.4 Å². The maximum atomic E-state index is 4.95. The summed E-state index contributed by atoms with van der Waals surface area (Å²) in [7, 11) is 9.90. The molecule has 1 aliphatic heterocycles. The smallest absolute Gasteiger partial charge is 1.00 e. The molecule has 1 rings (SSSR count). The van der Waals surface area contributed by atoms with Crippen molar-refractivity contribution in [2.75, 3.05) is 0 Å². The van der Waals surface area contributed by atoms with Crippen molar-refractivity contribution in [3.8, 4) is 0 Å². The van der Waals surface area contributed by atoms with Gasteiger partial charge in [-0.25, -0.2) is 0 Å². The molecule has 1 N–H and O–H groups in total. The van der Waals surface area contributed by atoms with Crippen LogP contribution in [0.15, 0.2) is 0 Å². The fraction of sp³-hybridized carbons (Fsp3) is 1.00. The molecule has 1 heterocycles. The van der Waals surface area contributed by atoms with Crippen LogP contribution in [0.2, 0.25) is 0 Å². The van der Waals surface area contributed by atoms with Gasteiger partial charge < -0.3 is 17.7 Å². The molecule has 15 heavy (non-hydrogen) atoms. The third kappa shape index (κ3) is 12.3. The van der Waals surface area contributed by atoms with Crippen LogP contribution in [0.4, 0.5) is 0 Å². The van der Waals surface area contributed by atoms with Crippen molar-refractivity contribution in [1.82, 2.24) is 5.32 Å². The zero-order valence-corrected chi connectivity index (χ0v) is 15.7. The van der Waals surface area contributed by atoms with Crippen LogP contribution in [-0.2, 0) is 15.1 Å². The minimum absolute atomic E-state index is 0. The van der Waals surface area contributed by atoms with Crippen LogP contribution in [0, 0.1) is 0 Å². The summed E-state index contributed by atoms with van der Waals surface area (Å²) in [5.74, 6) is 0. The number of rotatable bonds is 0. The van der Waals surface area contributed by atoms with Crippen molar-refractivity contribution in [3.63, 3.8) is 0 Å². The zero-order valence-electron chi connectivity index (χ0n) is 10.5. The van der Waals surface area contributed by atoms with E-state index in [1.54, 1.807) is 0 Å². The van der Waals surface area contributed by atoms with Gasteiger partial charge in [-0.05, 0) is 47.0 Å². The van der Waals surface area contributed by atoms with E-state index in [2.05, 4.69) is 33.0 Å². The van der Waals surface area contributed by atoms with Gasteiger partial charge in [0, 0.05) is 11.1 Å². The zero-order chi connectivity index (χ0) is 10.5. The van der Waals surface area contributed by atoms with Gasteiger partial charge in [0.05, 0.1) is 0 Å². The molecule has 0 radical (unpaired) electrons. The first kappa shape index (κ1) is 22.3. The van der Waals surface area contributed by atoms with Gasteiger partial charge in [0.25, 0.3) is 0 Å². The van der Waals surface area contributed by atoms with E-state index in [1.165, 1.54) is 19.3 Å². The third-order valence-electron chi connectivity index (χ3n) is 2.28. The first-order valence-electron chi connectivity index (χ1n) is 4.74. The number of hydrogen-bond donors (Lipinski definition) is 1. The van der Waals surface area contributed by atoms with Gasteiger partial charge >= 0.3 is 53.4 Å². The number of halogens is 3. The molecule has 0 aliphatic carbocycles. The van der Waals surface area contributed by atoms with Gasteiger partial charge in [0.15, 0.2) is 0 Å². The van der Waals surface area contributed by atoms with Gasteiger partial charge in [0.1, 0.15) is 0 Å². The molecule has 1 fully saturated rings. The minimum Gasteiger partial charge on any atom is 1.00 e. The first-order valence-corrected chi connectivity index (χ1v) is 12.5. The molecule has 0 aromatic rings. The third-order valence-corrected chi connectivity index (χ3v) is 2.28. The summed E-state index contributed by atoms with van der Waals surface area (Å²) in [6, 6.07) is 0. The van der Waals surface area contributed by atoms with Crippen molar-refractivity contribution in [1.29, 1.82) is 0 Å². The van der Waals surface area contributed by atoms with E-state index >= 15 is 0 Å². The van der Waals surface area contributed by atoms with E-state index < -0.39 is 15.1 Å². The van der Waals surface area contributed by atoms with Crippen molar-refractivity contribution in [2.24, 2.45) is 0 Å². The molecule has 0 spiro atoms. The van der Waals surface area contributed by atoms with E-state index in [-0.39, 0.29) is 31.3 Å². The van der Waals surface area contributed by atoms with E-state index in [4.69, 9.17) is 19.4 Å². The molecule has 0 aromatic heterocycles. The second-order valence-electron chi connectivity index (χ2n) is 4.85. The Morgan fingerprint density at radius 2 is 1.27 bits per heavy atom.